The van der Waals surface area contributed by atoms with Gasteiger partial charge < -0.3 is 0 Å². The Morgan fingerprint density at radius 1 is 1.27 bits per heavy atom. The van der Waals surface area contributed by atoms with Crippen molar-refractivity contribution in [3.8, 4) is 0 Å². The monoisotopic (exact) mass is 284 g/mol. The van der Waals surface area contributed by atoms with E-state index in [1.54, 1.807) is 0 Å². The zero-order chi connectivity index (χ0) is 11.0. The molecule has 1 aliphatic rings. The van der Waals surface area contributed by atoms with Gasteiger partial charge in [-0.25, -0.2) is 0 Å². The van der Waals surface area contributed by atoms with Crippen LogP contribution < -0.4 is 0 Å². The van der Waals surface area contributed by atoms with E-state index in [-0.39, 0.29) is 31.7 Å². The first kappa shape index (κ1) is 15.3. The second kappa shape index (κ2) is 5.10. The number of allylic oxidation sites excluding steroid dienone is 3. The molecule has 2 heteroatoms. The molecule has 15 heavy (non-hydrogen) atoms. The summed E-state index contributed by atoms with van der Waals surface area (Å²) in [6.07, 6.45) is 7.83. The number of hydrogen-bond donors (Lipinski definition) is 0. The summed E-state index contributed by atoms with van der Waals surface area (Å²) in [6, 6.07) is 0.626. The summed E-state index contributed by atoms with van der Waals surface area (Å²) in [7, 11) is 2.35. The van der Waals surface area contributed by atoms with Gasteiger partial charge in [0, 0.05) is 32.6 Å². The molecule has 0 bridgehead atoms. The third kappa shape index (κ3) is 2.71. The van der Waals surface area contributed by atoms with E-state index in [0.717, 1.165) is 10.9 Å². The van der Waals surface area contributed by atoms with E-state index < -0.39 is 0 Å². The fraction of sp³-hybridized carbons (Fsp3) is 0.692. The normalized spacial score (nSPS) is 19.8. The van der Waals surface area contributed by atoms with Crippen molar-refractivity contribution in [1.29, 1.82) is 0 Å². The van der Waals surface area contributed by atoms with Crippen molar-refractivity contribution in [3.63, 3.8) is 0 Å². The zero-order valence-corrected chi connectivity index (χ0v) is 13.4. The molecule has 1 unspecified atom stereocenters. The van der Waals surface area contributed by atoms with Crippen LogP contribution in [0.15, 0.2) is 23.9 Å². The Bertz CT molecular complexity index is 271. The van der Waals surface area contributed by atoms with Crippen molar-refractivity contribution in [3.05, 3.63) is 23.9 Å². The van der Waals surface area contributed by atoms with E-state index >= 15 is 0 Å². The van der Waals surface area contributed by atoms with Gasteiger partial charge in [0.15, 0.2) is 0 Å². The second-order valence-electron chi connectivity index (χ2n) is 5.63. The number of rotatable bonds is 2. The van der Waals surface area contributed by atoms with Crippen molar-refractivity contribution < 1.29 is 30.7 Å². The standard InChI is InChI=1S/C13H24N.Zr/c1-11(2)14(6,13(3,4)5)12-9-7-8-10-12;/h7-9,11H,10H2,1-6H3;/q+1;. The quantitative estimate of drug-likeness (QED) is 0.682. The van der Waals surface area contributed by atoms with Gasteiger partial charge in [0.05, 0.1) is 18.6 Å². The van der Waals surface area contributed by atoms with Crippen LogP contribution >= 0.6 is 0 Å². The fourth-order valence-corrected chi connectivity index (χ4v) is 2.32. The maximum Gasteiger partial charge on any atom is 0.113 e. The van der Waals surface area contributed by atoms with Gasteiger partial charge in [0.2, 0.25) is 0 Å². The smallest absolute Gasteiger partial charge is 0.113 e. The molecule has 0 aromatic carbocycles. The van der Waals surface area contributed by atoms with Crippen LogP contribution in [0.2, 0.25) is 0 Å². The maximum absolute atomic E-state index is 2.35. The number of quaternary nitrogens is 1. The number of nitrogens with zero attached hydrogens (tertiary/aromatic N) is 1. The molecule has 84 valence electrons. The molecule has 0 amide bonds. The summed E-state index contributed by atoms with van der Waals surface area (Å²) in [6.45, 7) is 11.6. The Hall–Kier alpha value is 0.323. The van der Waals surface area contributed by atoms with E-state index in [2.05, 4.69) is 59.9 Å². The Kier molecular flexibility index (Phi) is 5.21. The Labute approximate surface area is 114 Å². The van der Waals surface area contributed by atoms with Gasteiger partial charge in [-0.15, -0.1) is 0 Å². The largest absolute Gasteiger partial charge is 0.291 e. The van der Waals surface area contributed by atoms with Crippen LogP contribution in [-0.4, -0.2) is 23.1 Å². The van der Waals surface area contributed by atoms with E-state index in [1.807, 2.05) is 0 Å². The van der Waals surface area contributed by atoms with E-state index in [9.17, 15) is 0 Å². The first-order chi connectivity index (χ1) is 6.30. The molecule has 1 nitrogen and oxygen atoms in total. The molecule has 1 rings (SSSR count). The zero-order valence-electron chi connectivity index (χ0n) is 11.0. The first-order valence-corrected chi connectivity index (χ1v) is 5.52. The van der Waals surface area contributed by atoms with Crippen molar-refractivity contribution in [2.75, 3.05) is 7.05 Å². The van der Waals surface area contributed by atoms with Crippen LogP contribution in [0, 0.1) is 0 Å². The van der Waals surface area contributed by atoms with Crippen LogP contribution in [0.5, 0.6) is 0 Å². The molecule has 1 aliphatic carbocycles. The van der Waals surface area contributed by atoms with Gasteiger partial charge in [-0.3, -0.25) is 4.48 Å². The van der Waals surface area contributed by atoms with Crippen molar-refractivity contribution in [1.82, 2.24) is 0 Å². The predicted octanol–water partition coefficient (Wildman–Crippen LogP) is 3.48. The van der Waals surface area contributed by atoms with Crippen LogP contribution in [0.3, 0.4) is 0 Å². The number of hydrogen-bond acceptors (Lipinski definition) is 0. The van der Waals surface area contributed by atoms with Gasteiger partial charge >= 0.3 is 0 Å². The van der Waals surface area contributed by atoms with Crippen LogP contribution in [0.1, 0.15) is 41.0 Å². The first-order valence-electron chi connectivity index (χ1n) is 5.52. The predicted molar refractivity (Wildman–Crippen MR) is 62.9 cm³/mol. The molecule has 0 aromatic rings. The van der Waals surface area contributed by atoms with Gasteiger partial charge in [-0.1, -0.05) is 12.2 Å². The summed E-state index contributed by atoms with van der Waals surface area (Å²) in [4.78, 5) is 0. The minimum Gasteiger partial charge on any atom is -0.291 e. The Morgan fingerprint density at radius 2 is 1.80 bits per heavy atom. The molecule has 0 radical (unpaired) electrons. The Balaban J connectivity index is 0.00000196. The molecule has 0 saturated heterocycles. The van der Waals surface area contributed by atoms with Gasteiger partial charge in [-0.2, -0.15) is 0 Å². The Morgan fingerprint density at radius 3 is 2.07 bits per heavy atom. The maximum atomic E-state index is 2.35. The minimum absolute atomic E-state index is 0. The molecule has 0 spiro atoms. The van der Waals surface area contributed by atoms with Gasteiger partial charge in [-0.05, 0) is 40.7 Å². The average Bonchev–Trinajstić information content (AvgIpc) is 2.52. The van der Waals surface area contributed by atoms with Gasteiger partial charge in [0.1, 0.15) is 5.70 Å². The molecule has 0 aliphatic heterocycles. The summed E-state index contributed by atoms with van der Waals surface area (Å²) in [5.41, 5.74) is 1.80. The van der Waals surface area contributed by atoms with Crippen molar-refractivity contribution in [2.24, 2.45) is 0 Å². The van der Waals surface area contributed by atoms with Crippen molar-refractivity contribution >= 4 is 0 Å². The van der Waals surface area contributed by atoms with E-state index in [0.29, 0.717) is 6.04 Å². The minimum atomic E-state index is 0. The van der Waals surface area contributed by atoms with Crippen LogP contribution in [0.25, 0.3) is 0 Å². The van der Waals surface area contributed by atoms with E-state index in [4.69, 9.17) is 0 Å². The second-order valence-corrected chi connectivity index (χ2v) is 5.63. The van der Waals surface area contributed by atoms with Crippen LogP contribution in [0.4, 0.5) is 0 Å². The molecule has 0 aromatic heterocycles. The average molecular weight is 286 g/mol. The molecule has 1 atom stereocenters. The molecule has 0 N–H and O–H groups in total. The summed E-state index contributed by atoms with van der Waals surface area (Å²) >= 11 is 0. The molecule has 0 saturated carbocycles. The van der Waals surface area contributed by atoms with E-state index in [1.165, 1.54) is 5.70 Å². The molecule has 0 fully saturated rings. The van der Waals surface area contributed by atoms with Crippen molar-refractivity contribution in [2.45, 2.75) is 52.6 Å². The van der Waals surface area contributed by atoms with Crippen LogP contribution in [-0.2, 0) is 26.2 Å². The SMILES string of the molecule is CC(C)[N+](C)(C1=CC=CC1)C(C)(C)C.[Zr]. The topological polar surface area (TPSA) is 0 Å². The van der Waals surface area contributed by atoms with Gasteiger partial charge in [0.25, 0.3) is 0 Å². The summed E-state index contributed by atoms with van der Waals surface area (Å²) in [5.74, 6) is 0. The molecule has 0 heterocycles. The fourth-order valence-electron chi connectivity index (χ4n) is 2.32. The molecular weight excluding hydrogens is 261 g/mol. The summed E-state index contributed by atoms with van der Waals surface area (Å²) in [5, 5.41) is 0. The molecular formula is C13H24NZr+. The third-order valence-corrected chi connectivity index (χ3v) is 3.77. The summed E-state index contributed by atoms with van der Waals surface area (Å²) < 4.78 is 1.04. The third-order valence-electron chi connectivity index (χ3n) is 3.77.